The van der Waals surface area contributed by atoms with E-state index in [0.717, 1.165) is 32.6 Å². The molecule has 0 radical (unpaired) electrons. The van der Waals surface area contributed by atoms with Crippen molar-refractivity contribution >= 4 is 43.5 Å². The summed E-state index contributed by atoms with van der Waals surface area (Å²) in [5, 5.41) is 3.03. The standard InChI is InChI=1S/C31H38BrN3O5S/c1-5-23(3)33-31(37)28(20-24-13-8-7-9-14-24)34(21-25-15-12-16-26(32)19-25)30(36)22-35(41(4,38)39)27-17-10-11-18-29(27)40-6-2/h7-19,23,28H,5-6,20-22H2,1-4H3,(H,33,37)/t23-,28-/m0/s1. The van der Waals surface area contributed by atoms with E-state index in [2.05, 4.69) is 21.2 Å². The number of rotatable bonds is 14. The number of nitrogens with zero attached hydrogens (tertiary/aromatic N) is 2. The summed E-state index contributed by atoms with van der Waals surface area (Å²) in [5.74, 6) is -0.462. The topological polar surface area (TPSA) is 96.0 Å². The summed E-state index contributed by atoms with van der Waals surface area (Å²) in [6, 6.07) is 22.7. The van der Waals surface area contributed by atoms with Crippen LogP contribution in [0.2, 0.25) is 0 Å². The molecular weight excluding hydrogens is 606 g/mol. The van der Waals surface area contributed by atoms with Crippen molar-refractivity contribution in [1.82, 2.24) is 10.2 Å². The fraction of sp³-hybridized carbons (Fsp3) is 0.355. The molecule has 0 aliphatic heterocycles. The van der Waals surface area contributed by atoms with Crippen LogP contribution in [0.25, 0.3) is 0 Å². The molecule has 0 spiro atoms. The van der Waals surface area contributed by atoms with E-state index >= 15 is 0 Å². The molecule has 0 saturated carbocycles. The molecule has 1 N–H and O–H groups in total. The van der Waals surface area contributed by atoms with Crippen LogP contribution in [0.1, 0.15) is 38.3 Å². The van der Waals surface area contributed by atoms with Gasteiger partial charge < -0.3 is 15.0 Å². The highest BCUT2D eigenvalue weighted by Gasteiger charge is 2.34. The Bertz CT molecular complexity index is 1420. The van der Waals surface area contributed by atoms with Gasteiger partial charge in [-0.05, 0) is 55.7 Å². The van der Waals surface area contributed by atoms with Crippen LogP contribution in [-0.2, 0) is 32.6 Å². The Morgan fingerprint density at radius 2 is 1.61 bits per heavy atom. The Kier molecular flexibility index (Phi) is 11.8. The average Bonchev–Trinajstić information content (AvgIpc) is 2.94. The minimum atomic E-state index is -3.90. The number of hydrogen-bond donors (Lipinski definition) is 1. The Hall–Kier alpha value is -3.37. The van der Waals surface area contributed by atoms with Crippen LogP contribution in [0.3, 0.4) is 0 Å². The molecular formula is C31H38BrN3O5S. The van der Waals surface area contributed by atoms with Gasteiger partial charge in [0.1, 0.15) is 18.3 Å². The quantitative estimate of drug-likeness (QED) is 0.262. The summed E-state index contributed by atoms with van der Waals surface area (Å²) >= 11 is 3.49. The van der Waals surface area contributed by atoms with Crippen molar-refractivity contribution in [1.29, 1.82) is 0 Å². The highest BCUT2D eigenvalue weighted by molar-refractivity contribution is 9.10. The molecule has 10 heteroatoms. The van der Waals surface area contributed by atoms with E-state index in [0.29, 0.717) is 12.4 Å². The van der Waals surface area contributed by atoms with Crippen molar-refractivity contribution in [2.45, 2.75) is 52.2 Å². The molecule has 0 aliphatic rings. The minimum absolute atomic E-state index is 0.103. The third-order valence-electron chi connectivity index (χ3n) is 6.63. The molecule has 0 aliphatic carbocycles. The molecule has 3 aromatic rings. The fourth-order valence-corrected chi connectivity index (χ4v) is 5.66. The molecule has 220 valence electrons. The highest BCUT2D eigenvalue weighted by Crippen LogP contribution is 2.30. The lowest BCUT2D eigenvalue weighted by Gasteiger charge is -2.34. The maximum atomic E-state index is 14.2. The number of para-hydroxylation sites is 2. The SMILES string of the molecule is CCOc1ccccc1N(CC(=O)N(Cc1cccc(Br)c1)[C@@H](Cc1ccccc1)C(=O)N[C@@H](C)CC)S(C)(=O)=O. The summed E-state index contributed by atoms with van der Waals surface area (Å²) < 4.78 is 33.6. The third-order valence-corrected chi connectivity index (χ3v) is 8.25. The summed E-state index contributed by atoms with van der Waals surface area (Å²) in [6.07, 6.45) is 2.04. The molecule has 41 heavy (non-hydrogen) atoms. The fourth-order valence-electron chi connectivity index (χ4n) is 4.36. The van der Waals surface area contributed by atoms with Gasteiger partial charge in [0.15, 0.2) is 0 Å². The van der Waals surface area contributed by atoms with E-state index in [-0.39, 0.29) is 30.6 Å². The second-order valence-electron chi connectivity index (χ2n) is 9.85. The zero-order valence-corrected chi connectivity index (χ0v) is 26.3. The third kappa shape index (κ3) is 9.33. The van der Waals surface area contributed by atoms with Crippen molar-refractivity contribution in [3.05, 3.63) is 94.5 Å². The first kappa shape index (κ1) is 32.1. The van der Waals surface area contributed by atoms with E-state index in [9.17, 15) is 18.0 Å². The van der Waals surface area contributed by atoms with E-state index in [4.69, 9.17) is 4.74 Å². The lowest BCUT2D eigenvalue weighted by molar-refractivity contribution is -0.140. The zero-order chi connectivity index (χ0) is 30.0. The van der Waals surface area contributed by atoms with Crippen molar-refractivity contribution in [3.63, 3.8) is 0 Å². The van der Waals surface area contributed by atoms with E-state index in [1.165, 1.54) is 4.90 Å². The van der Waals surface area contributed by atoms with Gasteiger partial charge in [0.2, 0.25) is 21.8 Å². The van der Waals surface area contributed by atoms with Gasteiger partial charge in [0.05, 0.1) is 18.6 Å². The summed E-state index contributed by atoms with van der Waals surface area (Å²) in [7, 11) is -3.90. The summed E-state index contributed by atoms with van der Waals surface area (Å²) in [4.78, 5) is 29.4. The monoisotopic (exact) mass is 643 g/mol. The highest BCUT2D eigenvalue weighted by atomic mass is 79.9. The average molecular weight is 645 g/mol. The van der Waals surface area contributed by atoms with Gasteiger partial charge in [-0.2, -0.15) is 0 Å². The predicted octanol–water partition coefficient (Wildman–Crippen LogP) is 5.17. The minimum Gasteiger partial charge on any atom is -0.492 e. The molecule has 0 heterocycles. The number of sulfonamides is 1. The Balaban J connectivity index is 2.09. The van der Waals surface area contributed by atoms with Crippen LogP contribution < -0.4 is 14.4 Å². The second-order valence-corrected chi connectivity index (χ2v) is 12.7. The van der Waals surface area contributed by atoms with Gasteiger partial charge in [0, 0.05) is 23.5 Å². The van der Waals surface area contributed by atoms with Crippen LogP contribution in [0.5, 0.6) is 5.75 Å². The number of ether oxygens (including phenoxy) is 1. The molecule has 0 aromatic heterocycles. The number of carbonyl (C=O) groups excluding carboxylic acids is 2. The van der Waals surface area contributed by atoms with Crippen LogP contribution in [0, 0.1) is 0 Å². The van der Waals surface area contributed by atoms with Crippen LogP contribution in [-0.4, -0.2) is 56.6 Å². The lowest BCUT2D eigenvalue weighted by atomic mass is 10.0. The maximum absolute atomic E-state index is 14.2. The van der Waals surface area contributed by atoms with Gasteiger partial charge in [-0.15, -0.1) is 0 Å². The first-order valence-electron chi connectivity index (χ1n) is 13.6. The van der Waals surface area contributed by atoms with Gasteiger partial charge in [-0.3, -0.25) is 13.9 Å². The summed E-state index contributed by atoms with van der Waals surface area (Å²) in [5.41, 5.74) is 1.93. The predicted molar refractivity (Wildman–Crippen MR) is 166 cm³/mol. The number of nitrogens with one attached hydrogen (secondary N) is 1. The number of benzene rings is 3. The summed E-state index contributed by atoms with van der Waals surface area (Å²) in [6.45, 7) is 5.62. The molecule has 2 amide bonds. The number of carbonyl (C=O) groups is 2. The van der Waals surface area contributed by atoms with Gasteiger partial charge in [0.25, 0.3) is 0 Å². The van der Waals surface area contributed by atoms with E-state index in [1.807, 2.05) is 68.4 Å². The molecule has 0 bridgehead atoms. The van der Waals surface area contributed by atoms with E-state index in [1.54, 1.807) is 31.2 Å². The first-order valence-corrected chi connectivity index (χ1v) is 16.2. The number of halogens is 1. The second kappa shape index (κ2) is 15.0. The molecule has 0 unspecified atom stereocenters. The van der Waals surface area contributed by atoms with Gasteiger partial charge in [-0.1, -0.05) is 77.5 Å². The van der Waals surface area contributed by atoms with Crippen molar-refractivity contribution in [3.8, 4) is 5.75 Å². The number of anilines is 1. The van der Waals surface area contributed by atoms with Gasteiger partial charge >= 0.3 is 0 Å². The van der Waals surface area contributed by atoms with Gasteiger partial charge in [-0.25, -0.2) is 8.42 Å². The Labute approximate surface area is 251 Å². The molecule has 0 saturated heterocycles. The molecule has 3 aromatic carbocycles. The number of hydrogen-bond acceptors (Lipinski definition) is 5. The van der Waals surface area contributed by atoms with Crippen LogP contribution in [0.4, 0.5) is 5.69 Å². The smallest absolute Gasteiger partial charge is 0.244 e. The van der Waals surface area contributed by atoms with Crippen molar-refractivity contribution in [2.75, 3.05) is 23.7 Å². The molecule has 0 fully saturated rings. The van der Waals surface area contributed by atoms with Crippen LogP contribution in [0.15, 0.2) is 83.3 Å². The molecule has 3 rings (SSSR count). The zero-order valence-electron chi connectivity index (χ0n) is 23.9. The first-order chi connectivity index (χ1) is 19.5. The Morgan fingerprint density at radius 1 is 0.951 bits per heavy atom. The van der Waals surface area contributed by atoms with Crippen molar-refractivity contribution in [2.24, 2.45) is 0 Å². The van der Waals surface area contributed by atoms with E-state index < -0.39 is 28.5 Å². The van der Waals surface area contributed by atoms with Crippen LogP contribution >= 0.6 is 15.9 Å². The molecule has 8 nitrogen and oxygen atoms in total. The maximum Gasteiger partial charge on any atom is 0.244 e. The molecule has 2 atom stereocenters. The normalized spacial score (nSPS) is 12.7. The van der Waals surface area contributed by atoms with Crippen molar-refractivity contribution < 1.29 is 22.7 Å². The lowest BCUT2D eigenvalue weighted by Crippen LogP contribution is -2.54. The number of amides is 2. The Morgan fingerprint density at radius 3 is 2.24 bits per heavy atom. The largest absolute Gasteiger partial charge is 0.492 e.